The van der Waals surface area contributed by atoms with Gasteiger partial charge in [-0.05, 0) is 33.5 Å². The van der Waals surface area contributed by atoms with E-state index in [4.69, 9.17) is 9.47 Å². The summed E-state index contributed by atoms with van der Waals surface area (Å²) < 4.78 is 23.2. The van der Waals surface area contributed by atoms with Crippen LogP contribution in [-0.2, 0) is 33.2 Å². The predicted molar refractivity (Wildman–Crippen MR) is 159 cm³/mol. The van der Waals surface area contributed by atoms with Crippen molar-refractivity contribution >= 4 is 54.4 Å². The Kier molecular flexibility index (Phi) is 9.19. The van der Waals surface area contributed by atoms with Crippen molar-refractivity contribution in [2.24, 2.45) is 0 Å². The van der Waals surface area contributed by atoms with Crippen LogP contribution >= 0.6 is 30.7 Å². The second kappa shape index (κ2) is 12.9. The first-order valence-electron chi connectivity index (χ1n) is 13.0. The number of thiophene rings is 1. The molecule has 224 valence electrons. The maximum Gasteiger partial charge on any atom is 0.372 e. The van der Waals surface area contributed by atoms with Crippen molar-refractivity contribution in [1.82, 2.24) is 10.2 Å². The summed E-state index contributed by atoms with van der Waals surface area (Å²) in [6.07, 6.45) is -0.801. The first-order valence-corrected chi connectivity index (χ1v) is 16.7. The Hall–Kier alpha value is -3.74. The van der Waals surface area contributed by atoms with Gasteiger partial charge in [0.1, 0.15) is 23.5 Å². The highest BCUT2D eigenvalue weighted by Crippen LogP contribution is 2.56. The molecule has 5 rings (SSSR count). The molecule has 1 aromatic heterocycles. The lowest BCUT2D eigenvalue weighted by Crippen LogP contribution is -2.70. The van der Waals surface area contributed by atoms with Crippen molar-refractivity contribution in [2.45, 2.75) is 30.4 Å². The smallest absolute Gasteiger partial charge is 0.372 e. The van der Waals surface area contributed by atoms with Crippen LogP contribution in [-0.4, -0.2) is 62.2 Å². The van der Waals surface area contributed by atoms with Crippen LogP contribution in [0.15, 0.2) is 88.5 Å². The molecule has 1 fully saturated rings. The van der Waals surface area contributed by atoms with Crippen LogP contribution in [0.2, 0.25) is 0 Å². The van der Waals surface area contributed by atoms with Crippen molar-refractivity contribution in [3.63, 3.8) is 0 Å². The molecule has 3 atom stereocenters. The average Bonchev–Trinajstić information content (AvgIpc) is 3.51. The highest BCUT2D eigenvalue weighted by Gasteiger charge is 2.56. The van der Waals surface area contributed by atoms with E-state index in [-0.39, 0.29) is 17.9 Å². The topological polar surface area (TPSA) is 160 Å². The van der Waals surface area contributed by atoms with Crippen molar-refractivity contribution in [1.29, 1.82) is 0 Å². The Morgan fingerprint density at radius 1 is 1.02 bits per heavy atom. The number of rotatable bonds is 10. The second-order valence-corrected chi connectivity index (χ2v) is 13.2. The van der Waals surface area contributed by atoms with E-state index in [0.717, 1.165) is 23.6 Å². The second-order valence-electron chi connectivity index (χ2n) is 9.78. The first-order chi connectivity index (χ1) is 20.6. The number of hydrogen-bond acceptors (Lipinski definition) is 9. The molecule has 0 radical (unpaired) electrons. The van der Waals surface area contributed by atoms with Gasteiger partial charge in [-0.3, -0.25) is 28.6 Å². The summed E-state index contributed by atoms with van der Waals surface area (Å²) in [6, 6.07) is 18.7. The molecule has 3 heterocycles. The van der Waals surface area contributed by atoms with Crippen LogP contribution in [0.25, 0.3) is 0 Å². The van der Waals surface area contributed by atoms with Gasteiger partial charge in [-0.1, -0.05) is 60.7 Å². The Bertz CT molecular complexity index is 1550. The standard InChI is InChI=1S/C29H27N2O9PS2/c1-17(32)39-14-21-16-43-28-23(26(34)31(28)27(21)41(36,37)38)30-25(33)22(20-12-13-42-15-20)29(35)40-24(18-8-4-2-5-9-18)19-10-6-3-7-11-19/h2-13,15,22-24,28H,14,16H2,1H3,(H,30,33)(H2,36,37,38)/t22?,23-,28-/m1/s1. The van der Waals surface area contributed by atoms with Gasteiger partial charge in [-0.25, -0.2) is 0 Å². The Balaban J connectivity index is 1.38. The lowest BCUT2D eigenvalue weighted by Gasteiger charge is -2.50. The van der Waals surface area contributed by atoms with Gasteiger partial charge in [0.2, 0.25) is 5.91 Å². The van der Waals surface area contributed by atoms with Gasteiger partial charge in [0.25, 0.3) is 5.91 Å². The molecule has 2 amide bonds. The Labute approximate surface area is 255 Å². The van der Waals surface area contributed by atoms with Gasteiger partial charge in [0.05, 0.1) is 0 Å². The minimum atomic E-state index is -4.95. The van der Waals surface area contributed by atoms with Gasteiger partial charge in [0, 0.05) is 18.2 Å². The molecule has 2 aliphatic rings. The number of carbonyl (C=O) groups excluding carboxylic acids is 4. The number of nitrogens with one attached hydrogen (secondary N) is 1. The van der Waals surface area contributed by atoms with E-state index in [1.807, 2.05) is 60.7 Å². The van der Waals surface area contributed by atoms with E-state index in [9.17, 15) is 33.5 Å². The van der Waals surface area contributed by atoms with Crippen molar-refractivity contribution in [2.75, 3.05) is 12.4 Å². The number of carbonyl (C=O) groups is 4. The maximum atomic E-state index is 13.7. The van der Waals surface area contributed by atoms with Gasteiger partial charge in [-0.15, -0.1) is 11.8 Å². The zero-order valence-corrected chi connectivity index (χ0v) is 25.2. The number of esters is 2. The van der Waals surface area contributed by atoms with E-state index in [1.165, 1.54) is 11.3 Å². The number of hydrogen-bond donors (Lipinski definition) is 3. The van der Waals surface area contributed by atoms with Gasteiger partial charge in [-0.2, -0.15) is 11.3 Å². The molecule has 11 nitrogen and oxygen atoms in total. The van der Waals surface area contributed by atoms with Gasteiger partial charge >= 0.3 is 19.5 Å². The van der Waals surface area contributed by atoms with Crippen molar-refractivity contribution in [3.05, 3.63) is 105 Å². The van der Waals surface area contributed by atoms with E-state index < -0.39 is 60.2 Å². The minimum Gasteiger partial charge on any atom is -0.461 e. The number of nitrogens with zero attached hydrogens (tertiary/aromatic N) is 1. The summed E-state index contributed by atoms with van der Waals surface area (Å²) in [5.74, 6) is -4.36. The summed E-state index contributed by atoms with van der Waals surface area (Å²) in [7, 11) is -4.95. The molecular formula is C29H27N2O9PS2. The molecular weight excluding hydrogens is 615 g/mol. The number of benzene rings is 2. The molecule has 14 heteroatoms. The molecule has 43 heavy (non-hydrogen) atoms. The quantitative estimate of drug-likeness (QED) is 0.129. The Morgan fingerprint density at radius 2 is 1.65 bits per heavy atom. The largest absolute Gasteiger partial charge is 0.461 e. The van der Waals surface area contributed by atoms with Crippen LogP contribution in [0, 0.1) is 0 Å². The molecule has 2 aliphatic heterocycles. The zero-order valence-electron chi connectivity index (χ0n) is 22.7. The van der Waals surface area contributed by atoms with E-state index in [1.54, 1.807) is 16.8 Å². The number of thioether (sulfide) groups is 1. The summed E-state index contributed by atoms with van der Waals surface area (Å²) >= 11 is 2.44. The number of amides is 2. The Morgan fingerprint density at radius 3 is 2.19 bits per heavy atom. The zero-order chi connectivity index (χ0) is 30.7. The van der Waals surface area contributed by atoms with E-state index >= 15 is 0 Å². The van der Waals surface area contributed by atoms with E-state index in [0.29, 0.717) is 16.7 Å². The molecule has 3 aromatic rings. The number of ether oxygens (including phenoxy) is 2. The summed E-state index contributed by atoms with van der Waals surface area (Å²) in [4.78, 5) is 72.8. The van der Waals surface area contributed by atoms with Crippen molar-refractivity contribution < 1.29 is 43.0 Å². The lowest BCUT2D eigenvalue weighted by molar-refractivity contribution is -0.154. The molecule has 1 saturated heterocycles. The fraction of sp³-hybridized carbons (Fsp3) is 0.241. The molecule has 0 saturated carbocycles. The van der Waals surface area contributed by atoms with Gasteiger partial charge < -0.3 is 24.6 Å². The predicted octanol–water partition coefficient (Wildman–Crippen LogP) is 3.52. The normalized spacial score (nSPS) is 18.9. The average molecular weight is 643 g/mol. The van der Waals surface area contributed by atoms with E-state index in [2.05, 4.69) is 5.32 Å². The minimum absolute atomic E-state index is 0.0559. The number of β-lactam (4-membered cyclic amide) rings is 1. The number of fused-ring (bicyclic) bond motifs is 1. The monoisotopic (exact) mass is 642 g/mol. The molecule has 0 aliphatic carbocycles. The third-order valence-electron chi connectivity index (χ3n) is 6.85. The molecule has 0 spiro atoms. The van der Waals surface area contributed by atoms with Crippen molar-refractivity contribution in [3.8, 4) is 0 Å². The highest BCUT2D eigenvalue weighted by atomic mass is 32.2. The van der Waals surface area contributed by atoms with Crippen LogP contribution in [0.3, 0.4) is 0 Å². The fourth-order valence-corrected chi connectivity index (χ4v) is 8.15. The summed E-state index contributed by atoms with van der Waals surface area (Å²) in [5, 5.41) is 5.14. The lowest BCUT2D eigenvalue weighted by atomic mass is 9.98. The summed E-state index contributed by atoms with van der Waals surface area (Å²) in [5.41, 5.74) is 1.37. The third kappa shape index (κ3) is 6.61. The molecule has 0 bridgehead atoms. The third-order valence-corrected chi connectivity index (χ3v) is 9.98. The summed E-state index contributed by atoms with van der Waals surface area (Å²) in [6.45, 7) is 0.778. The molecule has 3 N–H and O–H groups in total. The van der Waals surface area contributed by atoms with Crippen LogP contribution in [0.4, 0.5) is 0 Å². The molecule has 1 unspecified atom stereocenters. The first kappa shape index (κ1) is 30.7. The molecule has 2 aromatic carbocycles. The fourth-order valence-electron chi connectivity index (χ4n) is 4.89. The van der Waals surface area contributed by atoms with Crippen LogP contribution < -0.4 is 5.32 Å². The van der Waals surface area contributed by atoms with Crippen LogP contribution in [0.1, 0.15) is 35.6 Å². The maximum absolute atomic E-state index is 13.7. The highest BCUT2D eigenvalue weighted by molar-refractivity contribution is 8.00. The van der Waals surface area contributed by atoms with Gasteiger partial charge in [0.15, 0.2) is 12.0 Å². The van der Waals surface area contributed by atoms with Crippen LogP contribution in [0.5, 0.6) is 0 Å². The SMILES string of the molecule is CC(=O)OCC1=C(P(=O)(O)O)N2C(=O)[C@@H](NC(=O)C(C(=O)OC(c3ccccc3)c3ccccc3)c3ccsc3)[C@H]2SC1.